The Bertz CT molecular complexity index is 551. The van der Waals surface area contributed by atoms with E-state index in [4.69, 9.17) is 5.73 Å². The predicted octanol–water partition coefficient (Wildman–Crippen LogP) is 3.19. The molecule has 20 heavy (non-hydrogen) atoms. The molecular weight excluding hydrogens is 250 g/mol. The fourth-order valence-electron chi connectivity index (χ4n) is 1.99. The van der Waals surface area contributed by atoms with Crippen molar-refractivity contribution in [2.24, 2.45) is 0 Å². The number of aromatic nitrogens is 2. The summed E-state index contributed by atoms with van der Waals surface area (Å²) < 4.78 is 0. The van der Waals surface area contributed by atoms with E-state index in [1.165, 1.54) is 5.56 Å². The smallest absolute Gasteiger partial charge is 0.223 e. The number of anilines is 4. The van der Waals surface area contributed by atoms with E-state index in [0.717, 1.165) is 30.9 Å². The van der Waals surface area contributed by atoms with Gasteiger partial charge in [-0.05, 0) is 31.0 Å². The first-order chi connectivity index (χ1) is 9.71. The van der Waals surface area contributed by atoms with Crippen LogP contribution in [0.3, 0.4) is 0 Å². The van der Waals surface area contributed by atoms with Gasteiger partial charge in [0.2, 0.25) is 5.95 Å². The molecule has 1 aromatic heterocycles. The number of nitrogens with zero attached hydrogens (tertiary/aromatic N) is 2. The van der Waals surface area contributed by atoms with Gasteiger partial charge in [0.15, 0.2) is 0 Å². The van der Waals surface area contributed by atoms with Crippen LogP contribution in [-0.4, -0.2) is 16.5 Å². The maximum Gasteiger partial charge on any atom is 0.223 e. The predicted molar refractivity (Wildman–Crippen MR) is 84.3 cm³/mol. The summed E-state index contributed by atoms with van der Waals surface area (Å²) in [5.41, 5.74) is 8.04. The molecule has 0 fully saturated rings. The van der Waals surface area contributed by atoms with Crippen molar-refractivity contribution < 1.29 is 0 Å². The zero-order valence-electron chi connectivity index (χ0n) is 12.0. The highest BCUT2D eigenvalue weighted by Crippen LogP contribution is 2.19. The van der Waals surface area contributed by atoms with E-state index in [0.29, 0.717) is 5.82 Å². The third kappa shape index (κ3) is 3.85. The molecule has 0 amide bonds. The maximum atomic E-state index is 5.70. The van der Waals surface area contributed by atoms with Gasteiger partial charge in [0, 0.05) is 18.3 Å². The van der Waals surface area contributed by atoms with Crippen molar-refractivity contribution >= 4 is 23.3 Å². The molecule has 5 heteroatoms. The van der Waals surface area contributed by atoms with E-state index in [1.807, 2.05) is 13.0 Å². The van der Waals surface area contributed by atoms with Crippen LogP contribution < -0.4 is 16.4 Å². The Morgan fingerprint density at radius 3 is 2.40 bits per heavy atom. The number of aryl methyl sites for hydroxylation is 1. The minimum absolute atomic E-state index is 0.258. The first-order valence-electron chi connectivity index (χ1n) is 6.95. The Kier molecular flexibility index (Phi) is 4.76. The maximum absolute atomic E-state index is 5.70. The van der Waals surface area contributed by atoms with Crippen molar-refractivity contribution in [3.05, 3.63) is 35.9 Å². The molecule has 2 aromatic rings. The Hall–Kier alpha value is -2.30. The number of nitrogens with one attached hydrogen (secondary N) is 2. The van der Waals surface area contributed by atoms with Gasteiger partial charge in [-0.3, -0.25) is 0 Å². The second kappa shape index (κ2) is 6.75. The lowest BCUT2D eigenvalue weighted by Crippen LogP contribution is -2.05. The van der Waals surface area contributed by atoms with Crippen LogP contribution in [0.5, 0.6) is 0 Å². The van der Waals surface area contributed by atoms with E-state index in [2.05, 4.69) is 51.8 Å². The number of rotatable bonds is 6. The Morgan fingerprint density at radius 1 is 1.05 bits per heavy atom. The zero-order valence-corrected chi connectivity index (χ0v) is 12.0. The number of hydrogen-bond acceptors (Lipinski definition) is 5. The molecule has 0 atom stereocenters. The fraction of sp³-hybridized carbons (Fsp3) is 0.333. The lowest BCUT2D eigenvalue weighted by molar-refractivity contribution is 0.922. The quantitative estimate of drug-likeness (QED) is 0.752. The molecule has 0 saturated carbocycles. The molecule has 1 aromatic carbocycles. The summed E-state index contributed by atoms with van der Waals surface area (Å²) in [7, 11) is 0. The van der Waals surface area contributed by atoms with Gasteiger partial charge in [-0.25, -0.2) is 0 Å². The summed E-state index contributed by atoms with van der Waals surface area (Å²) in [6, 6.07) is 10.2. The standard InChI is InChI=1S/C15H21N5/c1-3-5-11-6-8-12(9-7-11)18-14-10-13(17-4-2)19-15(16)20-14/h6-10H,3-5H2,1-2H3,(H4,16,17,18,19,20). The van der Waals surface area contributed by atoms with E-state index in [1.54, 1.807) is 0 Å². The third-order valence-electron chi connectivity index (χ3n) is 2.87. The summed E-state index contributed by atoms with van der Waals surface area (Å²) in [6.07, 6.45) is 2.26. The Morgan fingerprint density at radius 2 is 1.75 bits per heavy atom. The fourth-order valence-corrected chi connectivity index (χ4v) is 1.99. The van der Waals surface area contributed by atoms with Crippen LogP contribution in [0.1, 0.15) is 25.8 Å². The average Bonchev–Trinajstić information content (AvgIpc) is 2.41. The van der Waals surface area contributed by atoms with Gasteiger partial charge in [-0.2, -0.15) is 9.97 Å². The highest BCUT2D eigenvalue weighted by atomic mass is 15.1. The molecule has 4 N–H and O–H groups in total. The molecule has 1 heterocycles. The van der Waals surface area contributed by atoms with E-state index in [9.17, 15) is 0 Å². The van der Waals surface area contributed by atoms with E-state index >= 15 is 0 Å². The largest absolute Gasteiger partial charge is 0.370 e. The Labute approximate surface area is 119 Å². The molecule has 0 aliphatic rings. The summed E-state index contributed by atoms with van der Waals surface area (Å²) in [5, 5.41) is 6.37. The van der Waals surface area contributed by atoms with Crippen LogP contribution in [-0.2, 0) is 6.42 Å². The van der Waals surface area contributed by atoms with Gasteiger partial charge in [-0.1, -0.05) is 25.5 Å². The molecule has 0 aliphatic heterocycles. The lowest BCUT2D eigenvalue weighted by atomic mass is 10.1. The van der Waals surface area contributed by atoms with Crippen molar-refractivity contribution in [3.63, 3.8) is 0 Å². The monoisotopic (exact) mass is 271 g/mol. The molecule has 106 valence electrons. The van der Waals surface area contributed by atoms with Crippen LogP contribution in [0.2, 0.25) is 0 Å². The average molecular weight is 271 g/mol. The third-order valence-corrected chi connectivity index (χ3v) is 2.87. The van der Waals surface area contributed by atoms with Gasteiger partial charge < -0.3 is 16.4 Å². The normalized spacial score (nSPS) is 10.3. The van der Waals surface area contributed by atoms with Crippen LogP contribution in [0.4, 0.5) is 23.3 Å². The van der Waals surface area contributed by atoms with Gasteiger partial charge in [0.05, 0.1) is 0 Å². The second-order valence-electron chi connectivity index (χ2n) is 4.60. The van der Waals surface area contributed by atoms with Crippen molar-refractivity contribution in [1.29, 1.82) is 0 Å². The minimum Gasteiger partial charge on any atom is -0.370 e. The molecule has 0 spiro atoms. The van der Waals surface area contributed by atoms with E-state index in [-0.39, 0.29) is 5.95 Å². The van der Waals surface area contributed by atoms with Crippen LogP contribution >= 0.6 is 0 Å². The van der Waals surface area contributed by atoms with Crippen LogP contribution in [0, 0.1) is 0 Å². The molecule has 0 saturated heterocycles. The number of hydrogen-bond donors (Lipinski definition) is 3. The molecule has 2 rings (SSSR count). The summed E-state index contributed by atoms with van der Waals surface area (Å²) in [4.78, 5) is 8.30. The minimum atomic E-state index is 0.258. The van der Waals surface area contributed by atoms with Crippen molar-refractivity contribution in [3.8, 4) is 0 Å². The molecule has 0 unspecified atom stereocenters. The van der Waals surface area contributed by atoms with Gasteiger partial charge >= 0.3 is 0 Å². The summed E-state index contributed by atoms with van der Waals surface area (Å²) >= 11 is 0. The molecule has 0 radical (unpaired) electrons. The van der Waals surface area contributed by atoms with E-state index < -0.39 is 0 Å². The number of nitrogen functional groups attached to an aromatic ring is 1. The second-order valence-corrected chi connectivity index (χ2v) is 4.60. The highest BCUT2D eigenvalue weighted by Gasteiger charge is 2.02. The van der Waals surface area contributed by atoms with Crippen molar-refractivity contribution in [2.75, 3.05) is 22.9 Å². The molecule has 5 nitrogen and oxygen atoms in total. The van der Waals surface area contributed by atoms with Crippen LogP contribution in [0.15, 0.2) is 30.3 Å². The summed E-state index contributed by atoms with van der Waals surface area (Å²) in [5.74, 6) is 1.68. The van der Waals surface area contributed by atoms with Crippen molar-refractivity contribution in [1.82, 2.24) is 9.97 Å². The zero-order chi connectivity index (χ0) is 14.4. The summed E-state index contributed by atoms with van der Waals surface area (Å²) in [6.45, 7) is 4.98. The SMILES string of the molecule is CCCc1ccc(Nc2cc(NCC)nc(N)n2)cc1. The van der Waals surface area contributed by atoms with Gasteiger partial charge in [0.25, 0.3) is 0 Å². The van der Waals surface area contributed by atoms with Crippen LogP contribution in [0.25, 0.3) is 0 Å². The molecule has 0 aliphatic carbocycles. The molecular formula is C15H21N5. The first-order valence-corrected chi connectivity index (χ1v) is 6.95. The number of benzene rings is 1. The topological polar surface area (TPSA) is 75.9 Å². The highest BCUT2D eigenvalue weighted by molar-refractivity contribution is 5.60. The lowest BCUT2D eigenvalue weighted by Gasteiger charge is -2.09. The molecule has 0 bridgehead atoms. The number of nitrogens with two attached hydrogens (primary N) is 1. The van der Waals surface area contributed by atoms with Crippen molar-refractivity contribution in [2.45, 2.75) is 26.7 Å². The Balaban J connectivity index is 2.12. The van der Waals surface area contributed by atoms with Gasteiger partial charge in [0.1, 0.15) is 11.6 Å². The van der Waals surface area contributed by atoms with Gasteiger partial charge in [-0.15, -0.1) is 0 Å². The first kappa shape index (κ1) is 14.1.